The molecule has 2 aromatic carbocycles. The molecule has 0 fully saturated rings. The highest BCUT2D eigenvalue weighted by Crippen LogP contribution is 2.27. The van der Waals surface area contributed by atoms with Crippen molar-refractivity contribution in [3.63, 3.8) is 0 Å². The molecule has 0 aliphatic rings. The zero-order valence-electron chi connectivity index (χ0n) is 12.1. The van der Waals surface area contributed by atoms with Crippen LogP contribution in [0.25, 0.3) is 0 Å². The molecule has 0 atom stereocenters. The van der Waals surface area contributed by atoms with Crippen molar-refractivity contribution in [3.05, 3.63) is 67.6 Å². The fourth-order valence-electron chi connectivity index (χ4n) is 1.63. The van der Waals surface area contributed by atoms with Crippen LogP contribution in [-0.4, -0.2) is 23.7 Å². The van der Waals surface area contributed by atoms with E-state index in [9.17, 15) is 14.9 Å². The van der Waals surface area contributed by atoms with E-state index < -0.39 is 10.8 Å². The number of non-ortho nitro benzene ring substituents is 1. The van der Waals surface area contributed by atoms with Gasteiger partial charge in [-0.3, -0.25) is 14.9 Å². The van der Waals surface area contributed by atoms with Gasteiger partial charge in [-0.25, -0.2) is 5.43 Å². The largest absolute Gasteiger partial charge is 0.482 e. The number of nitrogens with zero attached hydrogens (tertiary/aromatic N) is 2. The van der Waals surface area contributed by atoms with E-state index in [2.05, 4.69) is 26.5 Å². The van der Waals surface area contributed by atoms with E-state index in [0.717, 1.165) is 4.47 Å². The maximum atomic E-state index is 11.6. The molecule has 0 aliphatic carbocycles. The van der Waals surface area contributed by atoms with E-state index in [1.807, 2.05) is 0 Å². The maximum absolute atomic E-state index is 11.6. The molecule has 2 rings (SSSR count). The minimum absolute atomic E-state index is 0.0176. The van der Waals surface area contributed by atoms with Crippen LogP contribution in [0.15, 0.2) is 52.0 Å². The fourth-order valence-corrected chi connectivity index (χ4v) is 2.36. The Morgan fingerprint density at radius 1 is 1.33 bits per heavy atom. The van der Waals surface area contributed by atoms with Crippen LogP contribution in [0.3, 0.4) is 0 Å². The summed E-state index contributed by atoms with van der Waals surface area (Å²) in [6, 6.07) is 10.8. The molecule has 0 radical (unpaired) electrons. The summed E-state index contributed by atoms with van der Waals surface area (Å²) >= 11 is 9.24. The number of hydrogen-bond acceptors (Lipinski definition) is 5. The van der Waals surface area contributed by atoms with Crippen LogP contribution < -0.4 is 10.2 Å². The summed E-state index contributed by atoms with van der Waals surface area (Å²) < 4.78 is 6.09. The zero-order valence-corrected chi connectivity index (χ0v) is 14.5. The molecule has 0 heterocycles. The van der Waals surface area contributed by atoms with Gasteiger partial charge < -0.3 is 4.74 Å². The molecule has 7 nitrogen and oxygen atoms in total. The van der Waals surface area contributed by atoms with Gasteiger partial charge in [0.15, 0.2) is 6.61 Å². The van der Waals surface area contributed by atoms with Gasteiger partial charge in [0, 0.05) is 16.6 Å². The van der Waals surface area contributed by atoms with Gasteiger partial charge in [0.2, 0.25) is 0 Å². The first-order valence-electron chi connectivity index (χ1n) is 6.60. The third kappa shape index (κ3) is 5.32. The first-order valence-corrected chi connectivity index (χ1v) is 7.77. The summed E-state index contributed by atoms with van der Waals surface area (Å²) in [6.07, 6.45) is 1.37. The molecule has 0 aromatic heterocycles. The van der Waals surface area contributed by atoms with Gasteiger partial charge in [0.1, 0.15) is 5.75 Å². The second-order valence-electron chi connectivity index (χ2n) is 4.51. The Hall–Kier alpha value is -2.45. The van der Waals surface area contributed by atoms with Gasteiger partial charge in [0.25, 0.3) is 11.6 Å². The summed E-state index contributed by atoms with van der Waals surface area (Å²) in [5, 5.41) is 14.7. The van der Waals surface area contributed by atoms with E-state index in [1.165, 1.54) is 30.5 Å². The van der Waals surface area contributed by atoms with Crippen LogP contribution in [0, 0.1) is 10.1 Å². The number of benzene rings is 2. The third-order valence-corrected chi connectivity index (χ3v) is 3.55. The Labute approximate surface area is 150 Å². The number of nitro groups is 1. The molecule has 24 heavy (non-hydrogen) atoms. The number of amides is 1. The number of carbonyl (C=O) groups is 1. The Morgan fingerprint density at radius 2 is 2.04 bits per heavy atom. The standard InChI is InChI=1S/C15H11BrClN3O4/c16-11-3-6-14(13(17)7-11)24-9-15(21)19-18-8-10-1-4-12(5-2-10)20(22)23/h1-8H,9H2,(H,19,21). The van der Waals surface area contributed by atoms with Crippen molar-refractivity contribution in [2.24, 2.45) is 5.10 Å². The monoisotopic (exact) mass is 411 g/mol. The van der Waals surface area contributed by atoms with Crippen molar-refractivity contribution < 1.29 is 14.5 Å². The van der Waals surface area contributed by atoms with Gasteiger partial charge in [-0.2, -0.15) is 5.10 Å². The lowest BCUT2D eigenvalue weighted by Gasteiger charge is -2.07. The van der Waals surface area contributed by atoms with E-state index in [1.54, 1.807) is 18.2 Å². The Kier molecular flexibility index (Phi) is 6.28. The minimum atomic E-state index is -0.493. The van der Waals surface area contributed by atoms with Gasteiger partial charge in [-0.15, -0.1) is 0 Å². The molecule has 0 saturated carbocycles. The highest BCUT2D eigenvalue weighted by atomic mass is 79.9. The average molecular weight is 413 g/mol. The maximum Gasteiger partial charge on any atom is 0.277 e. The van der Waals surface area contributed by atoms with Crippen molar-refractivity contribution in [1.29, 1.82) is 0 Å². The van der Waals surface area contributed by atoms with Crippen LogP contribution in [0.5, 0.6) is 5.75 Å². The quantitative estimate of drug-likeness (QED) is 0.446. The van der Waals surface area contributed by atoms with E-state index in [0.29, 0.717) is 16.3 Å². The number of nitrogens with one attached hydrogen (secondary N) is 1. The van der Waals surface area contributed by atoms with Crippen molar-refractivity contribution in [2.75, 3.05) is 6.61 Å². The molecule has 0 saturated heterocycles. The van der Waals surface area contributed by atoms with Gasteiger partial charge >= 0.3 is 0 Å². The summed E-state index contributed by atoms with van der Waals surface area (Å²) in [5.41, 5.74) is 2.88. The van der Waals surface area contributed by atoms with Crippen molar-refractivity contribution in [3.8, 4) is 5.75 Å². The summed E-state index contributed by atoms with van der Waals surface area (Å²) in [4.78, 5) is 21.7. The molecular weight excluding hydrogens is 402 g/mol. The van der Waals surface area contributed by atoms with E-state index >= 15 is 0 Å². The molecule has 1 N–H and O–H groups in total. The highest BCUT2D eigenvalue weighted by Gasteiger charge is 2.06. The number of rotatable bonds is 6. The number of carbonyl (C=O) groups excluding carboxylic acids is 1. The predicted molar refractivity (Wildman–Crippen MR) is 93.5 cm³/mol. The average Bonchev–Trinajstić information content (AvgIpc) is 2.54. The predicted octanol–water partition coefficient (Wildman–Crippen LogP) is 3.54. The van der Waals surface area contributed by atoms with Crippen molar-refractivity contribution >= 4 is 45.3 Å². The molecule has 124 valence electrons. The number of hydrogen-bond donors (Lipinski definition) is 1. The van der Waals surface area contributed by atoms with Crippen LogP contribution in [0.1, 0.15) is 5.56 Å². The van der Waals surface area contributed by atoms with Crippen molar-refractivity contribution in [2.45, 2.75) is 0 Å². The summed E-state index contributed by atoms with van der Waals surface area (Å²) in [5.74, 6) is -0.0819. The van der Waals surface area contributed by atoms with Crippen molar-refractivity contribution in [1.82, 2.24) is 5.43 Å². The number of hydrazone groups is 1. The Bertz CT molecular complexity index is 781. The Morgan fingerprint density at radius 3 is 2.67 bits per heavy atom. The van der Waals surface area contributed by atoms with Crippen LogP contribution >= 0.6 is 27.5 Å². The molecule has 1 amide bonds. The van der Waals surface area contributed by atoms with Gasteiger partial charge in [-0.05, 0) is 35.9 Å². The third-order valence-electron chi connectivity index (χ3n) is 2.76. The second-order valence-corrected chi connectivity index (χ2v) is 5.83. The number of ether oxygens (including phenoxy) is 1. The second kappa shape index (κ2) is 8.42. The first-order chi connectivity index (χ1) is 11.5. The summed E-state index contributed by atoms with van der Waals surface area (Å²) in [6.45, 7) is -0.251. The van der Waals surface area contributed by atoms with Crippen LogP contribution in [0.2, 0.25) is 5.02 Å². The smallest absolute Gasteiger partial charge is 0.277 e. The molecular formula is C15H11BrClN3O4. The molecule has 9 heteroatoms. The highest BCUT2D eigenvalue weighted by molar-refractivity contribution is 9.10. The SMILES string of the molecule is O=C(COc1ccc(Br)cc1Cl)NN=Cc1ccc([N+](=O)[O-])cc1. The lowest BCUT2D eigenvalue weighted by Crippen LogP contribution is -2.24. The van der Waals surface area contributed by atoms with Crippen LogP contribution in [0.4, 0.5) is 5.69 Å². The molecule has 0 unspecified atom stereocenters. The zero-order chi connectivity index (χ0) is 17.5. The number of halogens is 2. The lowest BCUT2D eigenvalue weighted by atomic mass is 10.2. The normalized spacial score (nSPS) is 10.6. The molecule has 0 bridgehead atoms. The lowest BCUT2D eigenvalue weighted by molar-refractivity contribution is -0.384. The van der Waals surface area contributed by atoms with Gasteiger partial charge in [-0.1, -0.05) is 27.5 Å². The van der Waals surface area contributed by atoms with E-state index in [4.69, 9.17) is 16.3 Å². The molecule has 0 spiro atoms. The minimum Gasteiger partial charge on any atom is -0.482 e. The van der Waals surface area contributed by atoms with Crippen LogP contribution in [-0.2, 0) is 4.79 Å². The molecule has 2 aromatic rings. The number of nitro benzene ring substituents is 1. The molecule has 0 aliphatic heterocycles. The topological polar surface area (TPSA) is 93.8 Å². The van der Waals surface area contributed by atoms with E-state index in [-0.39, 0.29) is 12.3 Å². The first kappa shape index (κ1) is 17.9. The van der Waals surface area contributed by atoms with Gasteiger partial charge in [0.05, 0.1) is 16.2 Å². The fraction of sp³-hybridized carbons (Fsp3) is 0.0667. The Balaban J connectivity index is 1.83. The summed E-state index contributed by atoms with van der Waals surface area (Å²) in [7, 11) is 0.